The lowest BCUT2D eigenvalue weighted by Crippen LogP contribution is -2.50. The molecule has 45 heavy (non-hydrogen) atoms. The molecular formula is C30H30ClF2N7O5. The van der Waals surface area contributed by atoms with Crippen molar-refractivity contribution in [2.75, 3.05) is 44.0 Å². The summed E-state index contributed by atoms with van der Waals surface area (Å²) in [6.07, 6.45) is 2.95. The highest BCUT2D eigenvalue weighted by molar-refractivity contribution is 6.33. The SMILES string of the molecule is COc1c(-c2cn(CC(=O)Nc3cc(N4CCN(C)CC4C)nc(F)c3Cl)c3nc4n(c(=O)c23)CCC4)cc(C=O)c(O)c1F. The number of hydrogen-bond acceptors (Lipinski definition) is 9. The van der Waals surface area contributed by atoms with Crippen LogP contribution in [0.5, 0.6) is 11.5 Å². The number of aromatic nitrogens is 4. The number of halogens is 3. The molecule has 5 heterocycles. The molecule has 4 aromatic rings. The minimum absolute atomic E-state index is 0.0155. The largest absolute Gasteiger partial charge is 0.504 e. The molecule has 1 amide bonds. The molecule has 1 saturated heterocycles. The third kappa shape index (κ3) is 5.27. The average Bonchev–Trinajstić information content (AvgIpc) is 3.62. The molecule has 12 nitrogen and oxygen atoms in total. The van der Waals surface area contributed by atoms with Crippen LogP contribution in [0.25, 0.3) is 22.2 Å². The Labute approximate surface area is 260 Å². The van der Waals surface area contributed by atoms with E-state index in [9.17, 15) is 23.9 Å². The zero-order chi connectivity index (χ0) is 32.2. The zero-order valence-corrected chi connectivity index (χ0v) is 25.5. The molecule has 2 aliphatic heterocycles. The summed E-state index contributed by atoms with van der Waals surface area (Å²) in [4.78, 5) is 51.6. The van der Waals surface area contributed by atoms with Gasteiger partial charge >= 0.3 is 0 Å². The van der Waals surface area contributed by atoms with Crippen LogP contribution in [0.1, 0.15) is 29.5 Å². The van der Waals surface area contributed by atoms with E-state index in [1.807, 2.05) is 18.9 Å². The maximum absolute atomic E-state index is 15.1. The topological polar surface area (TPSA) is 135 Å². The van der Waals surface area contributed by atoms with Crippen LogP contribution in [0, 0.1) is 11.8 Å². The van der Waals surface area contributed by atoms with Crippen molar-refractivity contribution in [1.82, 2.24) is 24.0 Å². The number of pyridine rings is 1. The first-order valence-electron chi connectivity index (χ1n) is 14.3. The smallest absolute Gasteiger partial charge is 0.263 e. The van der Waals surface area contributed by atoms with Crippen molar-refractivity contribution in [3.8, 4) is 22.6 Å². The lowest BCUT2D eigenvalue weighted by atomic mass is 10.0. The fourth-order valence-corrected chi connectivity index (χ4v) is 6.28. The highest BCUT2D eigenvalue weighted by Crippen LogP contribution is 2.41. The number of piperazine rings is 1. The van der Waals surface area contributed by atoms with Crippen LogP contribution >= 0.6 is 11.6 Å². The van der Waals surface area contributed by atoms with E-state index >= 15 is 4.39 Å². The Morgan fingerprint density at radius 2 is 2.00 bits per heavy atom. The van der Waals surface area contributed by atoms with E-state index < -0.39 is 34.7 Å². The number of benzene rings is 1. The van der Waals surface area contributed by atoms with Crippen LogP contribution in [-0.4, -0.2) is 81.1 Å². The van der Waals surface area contributed by atoms with Crippen molar-refractivity contribution < 1.29 is 28.2 Å². The van der Waals surface area contributed by atoms with E-state index in [1.165, 1.54) is 34.6 Å². The van der Waals surface area contributed by atoms with Gasteiger partial charge in [-0.2, -0.15) is 8.78 Å². The number of phenolic OH excluding ortho intramolecular Hbond substituents is 1. The Kier molecular flexibility index (Phi) is 7.95. The maximum atomic E-state index is 15.1. The monoisotopic (exact) mass is 641 g/mol. The number of amides is 1. The lowest BCUT2D eigenvalue weighted by Gasteiger charge is -2.39. The molecule has 0 saturated carbocycles. The van der Waals surface area contributed by atoms with Crippen LogP contribution in [0.3, 0.4) is 0 Å². The Morgan fingerprint density at radius 1 is 1.22 bits per heavy atom. The predicted molar refractivity (Wildman–Crippen MR) is 163 cm³/mol. The second kappa shape index (κ2) is 11.7. The van der Waals surface area contributed by atoms with Gasteiger partial charge in [0.2, 0.25) is 17.7 Å². The number of methoxy groups -OCH3 is 1. The van der Waals surface area contributed by atoms with Crippen LogP contribution < -0.4 is 20.5 Å². The number of nitrogens with zero attached hydrogens (tertiary/aromatic N) is 6. The minimum Gasteiger partial charge on any atom is -0.504 e. The van der Waals surface area contributed by atoms with E-state index in [1.54, 1.807) is 0 Å². The molecule has 0 radical (unpaired) electrons. The number of anilines is 2. The first kappa shape index (κ1) is 30.5. The van der Waals surface area contributed by atoms with Gasteiger partial charge in [0.1, 0.15) is 28.9 Å². The number of carbonyl (C=O) groups excluding carboxylic acids is 2. The number of nitrogens with one attached hydrogen (secondary N) is 1. The molecule has 2 aliphatic rings. The summed E-state index contributed by atoms with van der Waals surface area (Å²) in [5.41, 5.74) is -0.414. The number of rotatable bonds is 7. The van der Waals surface area contributed by atoms with Gasteiger partial charge in [0, 0.05) is 62.0 Å². The highest BCUT2D eigenvalue weighted by atomic mass is 35.5. The first-order valence-corrected chi connectivity index (χ1v) is 14.7. The number of phenols is 1. The van der Waals surface area contributed by atoms with Gasteiger partial charge < -0.3 is 29.5 Å². The summed E-state index contributed by atoms with van der Waals surface area (Å²) in [5.74, 6) is -3.14. The van der Waals surface area contributed by atoms with Crippen molar-refractivity contribution in [2.45, 2.75) is 38.9 Å². The molecule has 0 bridgehead atoms. The Balaban J connectivity index is 1.41. The number of likely N-dealkylation sites (N-methyl/N-ethyl adjacent to an activating group) is 1. The third-order valence-electron chi connectivity index (χ3n) is 8.30. The van der Waals surface area contributed by atoms with E-state index in [0.29, 0.717) is 37.6 Å². The molecular weight excluding hydrogens is 612 g/mol. The highest BCUT2D eigenvalue weighted by Gasteiger charge is 2.28. The van der Waals surface area contributed by atoms with Gasteiger partial charge in [0.25, 0.3) is 5.56 Å². The van der Waals surface area contributed by atoms with Crippen molar-refractivity contribution in [2.24, 2.45) is 0 Å². The Morgan fingerprint density at radius 3 is 2.71 bits per heavy atom. The van der Waals surface area contributed by atoms with Crippen LogP contribution in [-0.2, 0) is 24.3 Å². The van der Waals surface area contributed by atoms with E-state index in [2.05, 4.69) is 20.2 Å². The zero-order valence-electron chi connectivity index (χ0n) is 24.7. The predicted octanol–water partition coefficient (Wildman–Crippen LogP) is 3.44. The van der Waals surface area contributed by atoms with Gasteiger partial charge in [-0.15, -0.1) is 0 Å². The molecule has 0 spiro atoms. The fraction of sp³-hybridized carbons (Fsp3) is 0.367. The average molecular weight is 642 g/mol. The minimum atomic E-state index is -1.18. The number of hydrogen-bond donors (Lipinski definition) is 2. The van der Waals surface area contributed by atoms with Gasteiger partial charge in [0.15, 0.2) is 17.8 Å². The fourth-order valence-electron chi connectivity index (χ4n) is 6.13. The number of aromatic hydroxyl groups is 1. The summed E-state index contributed by atoms with van der Waals surface area (Å²) in [7, 11) is 3.19. The summed E-state index contributed by atoms with van der Waals surface area (Å²) < 4.78 is 38.1. The Bertz CT molecular complexity index is 1930. The second-order valence-electron chi connectivity index (χ2n) is 11.3. The maximum Gasteiger partial charge on any atom is 0.263 e. The number of ether oxygens (including phenoxy) is 1. The van der Waals surface area contributed by atoms with E-state index in [0.717, 1.165) is 13.1 Å². The third-order valence-corrected chi connectivity index (χ3v) is 8.66. The molecule has 1 fully saturated rings. The normalized spacial score (nSPS) is 16.7. The molecule has 3 aromatic heterocycles. The van der Waals surface area contributed by atoms with Gasteiger partial charge in [0.05, 0.1) is 23.7 Å². The quantitative estimate of drug-likeness (QED) is 0.230. The molecule has 2 N–H and O–H groups in total. The van der Waals surface area contributed by atoms with Crippen molar-refractivity contribution in [1.29, 1.82) is 0 Å². The van der Waals surface area contributed by atoms with Gasteiger partial charge in [-0.3, -0.25) is 19.0 Å². The summed E-state index contributed by atoms with van der Waals surface area (Å²) in [6.45, 7) is 4.16. The number of aryl methyl sites for hydroxylation is 1. The van der Waals surface area contributed by atoms with Crippen LogP contribution in [0.4, 0.5) is 20.3 Å². The standard InChI is InChI=1S/C30H30ClF2N7O5/c1-15-11-37(2)7-8-39(15)21-10-19(24(31)28(33)35-21)34-22(42)13-38-12-18(17-9-16(14-41)26(43)25(32)27(17)45-3)23-29(38)36-20-5-4-6-40(20)30(23)44/h9-10,12,14-15,43H,4-8,11,13H2,1-3H3,(H,34,35,42). The Hall–Kier alpha value is -4.56. The van der Waals surface area contributed by atoms with E-state index in [-0.39, 0.29) is 57.3 Å². The van der Waals surface area contributed by atoms with Gasteiger partial charge in [-0.1, -0.05) is 11.6 Å². The van der Waals surface area contributed by atoms with Crippen molar-refractivity contribution >= 4 is 46.3 Å². The first-order chi connectivity index (χ1) is 21.5. The molecule has 0 aliphatic carbocycles. The molecule has 15 heteroatoms. The van der Waals surface area contributed by atoms with Gasteiger partial charge in [-0.05, 0) is 26.5 Å². The second-order valence-corrected chi connectivity index (χ2v) is 11.6. The summed E-state index contributed by atoms with van der Waals surface area (Å²) in [5, 5.41) is 12.5. The number of fused-ring (bicyclic) bond motifs is 2. The summed E-state index contributed by atoms with van der Waals surface area (Å²) in [6, 6.07) is 2.77. The molecule has 6 rings (SSSR count). The molecule has 236 valence electrons. The molecule has 1 unspecified atom stereocenters. The molecule has 1 aromatic carbocycles. The van der Waals surface area contributed by atoms with Crippen molar-refractivity contribution in [3.05, 3.63) is 56.9 Å². The van der Waals surface area contributed by atoms with Crippen molar-refractivity contribution in [3.63, 3.8) is 0 Å². The number of aldehydes is 1. The molecule has 1 atom stereocenters. The van der Waals surface area contributed by atoms with Gasteiger partial charge in [-0.25, -0.2) is 9.97 Å². The number of carbonyl (C=O) groups is 2. The summed E-state index contributed by atoms with van der Waals surface area (Å²) >= 11 is 6.22. The van der Waals surface area contributed by atoms with E-state index in [4.69, 9.17) is 16.3 Å². The van der Waals surface area contributed by atoms with Crippen LogP contribution in [0.2, 0.25) is 5.02 Å². The van der Waals surface area contributed by atoms with Crippen LogP contribution in [0.15, 0.2) is 23.1 Å². The lowest BCUT2D eigenvalue weighted by molar-refractivity contribution is -0.116.